The molecule has 0 aliphatic heterocycles. The second-order valence-corrected chi connectivity index (χ2v) is 7.75. The van der Waals surface area contributed by atoms with Crippen molar-refractivity contribution in [3.05, 3.63) is 70.2 Å². The van der Waals surface area contributed by atoms with E-state index in [1.165, 1.54) is 4.88 Å². The van der Waals surface area contributed by atoms with E-state index < -0.39 is 5.60 Å². The summed E-state index contributed by atoms with van der Waals surface area (Å²) in [7, 11) is 0. The van der Waals surface area contributed by atoms with Crippen LogP contribution in [0.15, 0.2) is 53.4 Å². The van der Waals surface area contributed by atoms with Gasteiger partial charge >= 0.3 is 0 Å². The van der Waals surface area contributed by atoms with Crippen LogP contribution >= 0.6 is 22.7 Å². The van der Waals surface area contributed by atoms with Crippen LogP contribution in [0.4, 0.5) is 0 Å². The maximum absolute atomic E-state index is 11.4. The Bertz CT molecular complexity index is 1000. The van der Waals surface area contributed by atoms with Gasteiger partial charge in [0.2, 0.25) is 0 Å². The number of rotatable bonds is 3. The molecule has 1 N–H and O–H groups in total. The number of hydrogen-bond donors (Lipinski definition) is 1. The Kier molecular flexibility index (Phi) is 3.72. The van der Waals surface area contributed by atoms with Crippen LogP contribution in [-0.2, 0) is 5.60 Å². The molecule has 120 valence electrons. The number of thiophene rings is 2. The quantitative estimate of drug-likeness (QED) is 0.565. The van der Waals surface area contributed by atoms with Gasteiger partial charge < -0.3 is 5.11 Å². The van der Waals surface area contributed by atoms with Crippen LogP contribution in [0.2, 0.25) is 0 Å². The minimum Gasteiger partial charge on any atom is -0.381 e. The largest absolute Gasteiger partial charge is 0.381 e. The van der Waals surface area contributed by atoms with E-state index in [4.69, 9.17) is 0 Å². The number of aryl methyl sites for hydroxylation is 1. The summed E-state index contributed by atoms with van der Waals surface area (Å²) >= 11 is 3.34. The standard InChI is InChI=1S/C19H16N2OS2/c1-12-15(11-13-5-3-8-20-18(13)21-12)19(2,22)14-7-10-24-17(14)16-6-4-9-23-16/h3-11,22H,1-2H3. The summed E-state index contributed by atoms with van der Waals surface area (Å²) in [4.78, 5) is 11.2. The Labute approximate surface area is 148 Å². The topological polar surface area (TPSA) is 46.0 Å². The van der Waals surface area contributed by atoms with Gasteiger partial charge in [-0.15, -0.1) is 22.7 Å². The van der Waals surface area contributed by atoms with Crippen LogP contribution in [0.3, 0.4) is 0 Å². The first-order chi connectivity index (χ1) is 11.6. The molecule has 3 nitrogen and oxygen atoms in total. The van der Waals surface area contributed by atoms with Gasteiger partial charge in [0, 0.05) is 33.3 Å². The van der Waals surface area contributed by atoms with Crippen LogP contribution in [0.25, 0.3) is 20.8 Å². The van der Waals surface area contributed by atoms with Crippen molar-refractivity contribution in [1.29, 1.82) is 0 Å². The van der Waals surface area contributed by atoms with E-state index in [0.717, 1.165) is 27.1 Å². The summed E-state index contributed by atoms with van der Waals surface area (Å²) in [6.45, 7) is 3.77. The second-order valence-electron chi connectivity index (χ2n) is 5.88. The molecule has 0 spiro atoms. The van der Waals surface area contributed by atoms with Crippen LogP contribution in [0.1, 0.15) is 23.7 Å². The molecule has 4 rings (SSSR count). The lowest BCUT2D eigenvalue weighted by molar-refractivity contribution is 0.102. The minimum absolute atomic E-state index is 0.707. The first kappa shape index (κ1) is 15.4. The molecule has 0 saturated carbocycles. The summed E-state index contributed by atoms with van der Waals surface area (Å²) in [6.07, 6.45) is 1.74. The number of aliphatic hydroxyl groups is 1. The Morgan fingerprint density at radius 1 is 1.04 bits per heavy atom. The van der Waals surface area contributed by atoms with Crippen LogP contribution < -0.4 is 0 Å². The van der Waals surface area contributed by atoms with Gasteiger partial charge in [-0.05, 0) is 54.9 Å². The van der Waals surface area contributed by atoms with Gasteiger partial charge in [-0.3, -0.25) is 0 Å². The first-order valence-electron chi connectivity index (χ1n) is 7.64. The highest BCUT2D eigenvalue weighted by Gasteiger charge is 2.32. The van der Waals surface area contributed by atoms with Gasteiger partial charge in [-0.25, -0.2) is 9.97 Å². The smallest absolute Gasteiger partial charge is 0.159 e. The molecule has 1 unspecified atom stereocenters. The third-order valence-electron chi connectivity index (χ3n) is 4.24. The summed E-state index contributed by atoms with van der Waals surface area (Å²) < 4.78 is 0. The number of pyridine rings is 2. The molecule has 0 aliphatic carbocycles. The van der Waals surface area contributed by atoms with Gasteiger partial charge in [0.15, 0.2) is 5.65 Å². The van der Waals surface area contributed by atoms with E-state index >= 15 is 0 Å². The third kappa shape index (κ3) is 2.45. The Hall–Kier alpha value is -2.08. The fourth-order valence-electron chi connectivity index (χ4n) is 3.02. The highest BCUT2D eigenvalue weighted by Crippen LogP contribution is 2.42. The van der Waals surface area contributed by atoms with Gasteiger partial charge in [-0.1, -0.05) is 6.07 Å². The van der Waals surface area contributed by atoms with Gasteiger partial charge in [0.05, 0.1) is 4.88 Å². The van der Waals surface area contributed by atoms with E-state index in [9.17, 15) is 5.11 Å². The molecule has 1 atom stereocenters. The van der Waals surface area contributed by atoms with E-state index in [2.05, 4.69) is 21.4 Å². The highest BCUT2D eigenvalue weighted by atomic mass is 32.1. The lowest BCUT2D eigenvalue weighted by atomic mass is 9.87. The fraction of sp³-hybridized carbons (Fsp3) is 0.158. The van der Waals surface area contributed by atoms with Crippen molar-refractivity contribution >= 4 is 33.7 Å². The van der Waals surface area contributed by atoms with E-state index in [-0.39, 0.29) is 0 Å². The molecular weight excluding hydrogens is 336 g/mol. The molecule has 0 saturated heterocycles. The van der Waals surface area contributed by atoms with Crippen LogP contribution in [0.5, 0.6) is 0 Å². The van der Waals surface area contributed by atoms with Gasteiger partial charge in [-0.2, -0.15) is 0 Å². The Morgan fingerprint density at radius 2 is 1.92 bits per heavy atom. The molecule has 0 radical (unpaired) electrons. The third-order valence-corrected chi connectivity index (χ3v) is 6.20. The average molecular weight is 352 g/mol. The molecule has 5 heteroatoms. The van der Waals surface area contributed by atoms with Crippen molar-refractivity contribution in [3.63, 3.8) is 0 Å². The number of hydrogen-bond acceptors (Lipinski definition) is 5. The zero-order valence-corrected chi connectivity index (χ0v) is 15.0. The van der Waals surface area contributed by atoms with Crippen molar-refractivity contribution < 1.29 is 5.11 Å². The van der Waals surface area contributed by atoms with Crippen molar-refractivity contribution in [2.75, 3.05) is 0 Å². The molecule has 0 fully saturated rings. The van der Waals surface area contributed by atoms with E-state index in [1.807, 2.05) is 49.6 Å². The van der Waals surface area contributed by atoms with Crippen LogP contribution in [-0.4, -0.2) is 15.1 Å². The summed E-state index contributed by atoms with van der Waals surface area (Å²) in [5, 5.41) is 16.4. The SMILES string of the molecule is Cc1nc2ncccc2cc1C(C)(O)c1ccsc1-c1cccs1. The number of fused-ring (bicyclic) bond motifs is 1. The molecule has 4 aromatic rings. The van der Waals surface area contributed by atoms with E-state index in [0.29, 0.717) is 5.65 Å². The first-order valence-corrected chi connectivity index (χ1v) is 9.40. The summed E-state index contributed by atoms with van der Waals surface area (Å²) in [5.41, 5.74) is 2.13. The average Bonchev–Trinajstić information content (AvgIpc) is 3.25. The lowest BCUT2D eigenvalue weighted by Crippen LogP contribution is -2.24. The van der Waals surface area contributed by atoms with Crippen molar-refractivity contribution in [2.45, 2.75) is 19.4 Å². The molecule has 24 heavy (non-hydrogen) atoms. The summed E-state index contributed by atoms with van der Waals surface area (Å²) in [6, 6.07) is 12.0. The van der Waals surface area contributed by atoms with Crippen LogP contribution in [0, 0.1) is 6.92 Å². The molecule has 4 heterocycles. The molecule has 0 bridgehead atoms. The maximum Gasteiger partial charge on any atom is 0.159 e. The summed E-state index contributed by atoms with van der Waals surface area (Å²) in [5.74, 6) is 0. The predicted octanol–water partition coefficient (Wildman–Crippen LogP) is 4.98. The zero-order valence-electron chi connectivity index (χ0n) is 13.4. The van der Waals surface area contributed by atoms with Crippen molar-refractivity contribution in [2.24, 2.45) is 0 Å². The molecular formula is C19H16N2OS2. The highest BCUT2D eigenvalue weighted by molar-refractivity contribution is 7.20. The van der Waals surface area contributed by atoms with Crippen molar-refractivity contribution in [1.82, 2.24) is 9.97 Å². The number of nitrogens with zero attached hydrogens (tertiary/aromatic N) is 2. The fourth-order valence-corrected chi connectivity index (χ4v) is 4.91. The number of aromatic nitrogens is 2. The van der Waals surface area contributed by atoms with Crippen molar-refractivity contribution in [3.8, 4) is 9.75 Å². The predicted molar refractivity (Wildman–Crippen MR) is 101 cm³/mol. The normalized spacial score (nSPS) is 14.0. The molecule has 0 aromatic carbocycles. The van der Waals surface area contributed by atoms with Gasteiger partial charge in [0.1, 0.15) is 5.60 Å². The minimum atomic E-state index is -1.11. The van der Waals surface area contributed by atoms with E-state index in [1.54, 1.807) is 28.9 Å². The monoisotopic (exact) mass is 352 g/mol. The molecule has 0 aliphatic rings. The maximum atomic E-state index is 11.4. The zero-order chi connectivity index (χ0) is 16.7. The lowest BCUT2D eigenvalue weighted by Gasteiger charge is -2.26. The molecule has 0 amide bonds. The Balaban J connectivity index is 1.90. The molecule has 4 aromatic heterocycles. The Morgan fingerprint density at radius 3 is 2.71 bits per heavy atom. The second kappa shape index (κ2) is 5.77. The van der Waals surface area contributed by atoms with Gasteiger partial charge in [0.25, 0.3) is 0 Å².